The summed E-state index contributed by atoms with van der Waals surface area (Å²) in [5.41, 5.74) is 1.11. The lowest BCUT2D eigenvalue weighted by Gasteiger charge is -2.20. The van der Waals surface area contributed by atoms with Crippen molar-refractivity contribution in [2.75, 3.05) is 7.11 Å². The Balaban J connectivity index is 1.81. The largest absolute Gasteiger partial charge is 0.493 e. The van der Waals surface area contributed by atoms with Crippen LogP contribution in [0.2, 0.25) is 0 Å². The zero-order valence-electron chi connectivity index (χ0n) is 17.0. The number of para-hydroxylation sites is 1. The van der Waals surface area contributed by atoms with Gasteiger partial charge in [0.15, 0.2) is 16.7 Å². The summed E-state index contributed by atoms with van der Waals surface area (Å²) in [6.07, 6.45) is 0. The first-order valence-corrected chi connectivity index (χ1v) is 10.0. The van der Waals surface area contributed by atoms with E-state index in [1.165, 1.54) is 43.8 Å². The van der Waals surface area contributed by atoms with Crippen LogP contribution < -0.4 is 14.8 Å². The summed E-state index contributed by atoms with van der Waals surface area (Å²) in [5, 5.41) is 19.0. The van der Waals surface area contributed by atoms with Crippen LogP contribution >= 0.6 is 11.8 Å². The highest BCUT2D eigenvalue weighted by atomic mass is 32.2. The SMILES string of the molecule is COc1cc([C@H]2SC(NC(C)=O)=NN2C(C)=O)ccc1OCc1ccccc1[N+](=O)[O-]. The predicted molar refractivity (Wildman–Crippen MR) is 115 cm³/mol. The molecule has 0 saturated carbocycles. The lowest BCUT2D eigenvalue weighted by Crippen LogP contribution is -2.25. The molecule has 1 aliphatic rings. The van der Waals surface area contributed by atoms with Crippen molar-refractivity contribution in [3.05, 3.63) is 63.7 Å². The number of amidine groups is 1. The van der Waals surface area contributed by atoms with Crippen molar-refractivity contribution in [2.45, 2.75) is 25.8 Å². The fraction of sp³-hybridized carbons (Fsp3) is 0.250. The van der Waals surface area contributed by atoms with E-state index in [0.29, 0.717) is 27.8 Å². The number of ether oxygens (including phenoxy) is 2. The van der Waals surface area contributed by atoms with Gasteiger partial charge >= 0.3 is 0 Å². The van der Waals surface area contributed by atoms with Gasteiger partial charge < -0.3 is 14.8 Å². The maximum Gasteiger partial charge on any atom is 0.276 e. The Kier molecular flexibility index (Phi) is 6.75. The summed E-state index contributed by atoms with van der Waals surface area (Å²) in [6, 6.07) is 11.4. The number of carbonyl (C=O) groups excluding carboxylic acids is 2. The zero-order valence-corrected chi connectivity index (χ0v) is 17.8. The van der Waals surface area contributed by atoms with Crippen LogP contribution in [-0.4, -0.2) is 34.0 Å². The standard InChI is InChI=1S/C20H20N4O6S/c1-12(25)21-20-22-23(13(2)26)19(31-20)14-8-9-17(18(10-14)29-3)30-11-15-6-4-5-7-16(15)24(27)28/h4-10,19H,11H2,1-3H3,(H,21,22,25)/t19-/m1/s1. The summed E-state index contributed by atoms with van der Waals surface area (Å²) >= 11 is 1.22. The van der Waals surface area contributed by atoms with Crippen molar-refractivity contribution in [3.8, 4) is 11.5 Å². The van der Waals surface area contributed by atoms with Gasteiger partial charge in [-0.3, -0.25) is 19.7 Å². The van der Waals surface area contributed by atoms with Gasteiger partial charge in [-0.05, 0) is 23.8 Å². The first kappa shape index (κ1) is 22.1. The summed E-state index contributed by atoms with van der Waals surface area (Å²) in [7, 11) is 1.47. The molecule has 162 valence electrons. The molecule has 2 aromatic rings. The number of nitrogens with one attached hydrogen (secondary N) is 1. The number of amides is 2. The molecule has 3 rings (SSSR count). The number of hydrogen-bond donors (Lipinski definition) is 1. The van der Waals surface area contributed by atoms with Crippen molar-refractivity contribution in [1.29, 1.82) is 0 Å². The molecule has 11 heteroatoms. The average molecular weight is 444 g/mol. The molecule has 2 amide bonds. The molecule has 0 spiro atoms. The van der Waals surface area contributed by atoms with E-state index in [2.05, 4.69) is 10.4 Å². The van der Waals surface area contributed by atoms with E-state index in [1.807, 2.05) is 0 Å². The van der Waals surface area contributed by atoms with Crippen LogP contribution in [0.25, 0.3) is 0 Å². The topological polar surface area (TPSA) is 123 Å². The Morgan fingerprint density at radius 2 is 1.97 bits per heavy atom. The highest BCUT2D eigenvalue weighted by molar-refractivity contribution is 8.14. The minimum absolute atomic E-state index is 0.0135. The zero-order chi connectivity index (χ0) is 22.5. The quantitative estimate of drug-likeness (QED) is 0.536. The van der Waals surface area contributed by atoms with Gasteiger partial charge in [-0.15, -0.1) is 5.10 Å². The van der Waals surface area contributed by atoms with E-state index < -0.39 is 10.3 Å². The maximum atomic E-state index is 12.0. The van der Waals surface area contributed by atoms with Crippen molar-refractivity contribution in [2.24, 2.45) is 5.10 Å². The van der Waals surface area contributed by atoms with Crippen molar-refractivity contribution in [1.82, 2.24) is 10.3 Å². The van der Waals surface area contributed by atoms with Crippen LogP contribution in [0.4, 0.5) is 5.69 Å². The Morgan fingerprint density at radius 3 is 2.61 bits per heavy atom. The first-order chi connectivity index (χ1) is 14.8. The number of methoxy groups -OCH3 is 1. The van der Waals surface area contributed by atoms with Gasteiger partial charge in [-0.25, -0.2) is 5.01 Å². The monoisotopic (exact) mass is 444 g/mol. The molecule has 1 aliphatic heterocycles. The number of hydrazone groups is 1. The number of nitrogens with zero attached hydrogens (tertiary/aromatic N) is 3. The fourth-order valence-electron chi connectivity index (χ4n) is 2.90. The molecule has 0 aromatic heterocycles. The van der Waals surface area contributed by atoms with Gasteiger partial charge in [0.05, 0.1) is 17.6 Å². The van der Waals surface area contributed by atoms with Gasteiger partial charge in [-0.1, -0.05) is 30.0 Å². The van der Waals surface area contributed by atoms with E-state index in [-0.39, 0.29) is 24.1 Å². The van der Waals surface area contributed by atoms with Crippen molar-refractivity contribution < 1.29 is 24.0 Å². The number of rotatable bonds is 6. The molecule has 1 N–H and O–H groups in total. The Bertz CT molecular complexity index is 1060. The number of nitro groups is 1. The number of hydrogen-bond acceptors (Lipinski definition) is 8. The molecular weight excluding hydrogens is 424 g/mol. The number of thioether (sulfide) groups is 1. The molecule has 31 heavy (non-hydrogen) atoms. The van der Waals surface area contributed by atoms with Crippen molar-refractivity contribution >= 4 is 34.4 Å². The molecule has 0 fully saturated rings. The van der Waals surface area contributed by atoms with E-state index in [1.54, 1.807) is 36.4 Å². The Labute approximate surface area is 182 Å². The molecule has 0 radical (unpaired) electrons. The van der Waals surface area contributed by atoms with Crippen LogP contribution in [0.15, 0.2) is 47.6 Å². The normalized spacial score (nSPS) is 15.3. The third kappa shape index (κ3) is 5.12. The van der Waals surface area contributed by atoms with E-state index in [4.69, 9.17) is 9.47 Å². The summed E-state index contributed by atoms with van der Waals surface area (Å²) in [6.45, 7) is 2.73. The van der Waals surface area contributed by atoms with Crippen LogP contribution in [-0.2, 0) is 16.2 Å². The van der Waals surface area contributed by atoms with Gasteiger partial charge in [0.2, 0.25) is 11.8 Å². The molecule has 10 nitrogen and oxygen atoms in total. The van der Waals surface area contributed by atoms with Gasteiger partial charge in [-0.2, -0.15) is 0 Å². The maximum absolute atomic E-state index is 12.0. The minimum atomic E-state index is -0.488. The van der Waals surface area contributed by atoms with Crippen molar-refractivity contribution in [3.63, 3.8) is 0 Å². The molecule has 1 heterocycles. The first-order valence-electron chi connectivity index (χ1n) is 9.16. The summed E-state index contributed by atoms with van der Waals surface area (Å²) < 4.78 is 11.2. The second-order valence-electron chi connectivity index (χ2n) is 6.50. The molecule has 0 bridgehead atoms. The molecule has 0 saturated heterocycles. The molecular formula is C20H20N4O6S. The molecule has 0 unspecified atom stereocenters. The number of benzene rings is 2. The van der Waals surface area contributed by atoms with Gasteiger partial charge in [0.1, 0.15) is 12.0 Å². The third-order valence-corrected chi connectivity index (χ3v) is 5.40. The molecule has 0 aliphatic carbocycles. The smallest absolute Gasteiger partial charge is 0.276 e. The Morgan fingerprint density at radius 1 is 1.23 bits per heavy atom. The number of nitro benzene ring substituents is 1. The summed E-state index contributed by atoms with van der Waals surface area (Å²) in [5.74, 6) is 0.221. The highest BCUT2D eigenvalue weighted by Gasteiger charge is 2.33. The van der Waals surface area contributed by atoms with Gasteiger partial charge in [0.25, 0.3) is 5.69 Å². The second-order valence-corrected chi connectivity index (χ2v) is 7.57. The van der Waals surface area contributed by atoms with Crippen LogP contribution in [0, 0.1) is 10.1 Å². The minimum Gasteiger partial charge on any atom is -0.493 e. The van der Waals surface area contributed by atoms with E-state index in [0.717, 1.165) is 0 Å². The third-order valence-electron chi connectivity index (χ3n) is 4.29. The molecule has 2 aromatic carbocycles. The lowest BCUT2D eigenvalue weighted by atomic mass is 10.1. The predicted octanol–water partition coefficient (Wildman–Crippen LogP) is 3.18. The fourth-order valence-corrected chi connectivity index (χ4v) is 4.03. The molecule has 1 atom stereocenters. The van der Waals surface area contributed by atoms with Gasteiger partial charge in [0, 0.05) is 19.9 Å². The van der Waals surface area contributed by atoms with E-state index in [9.17, 15) is 19.7 Å². The highest BCUT2D eigenvalue weighted by Crippen LogP contribution is 2.41. The second kappa shape index (κ2) is 9.47. The average Bonchev–Trinajstić information content (AvgIpc) is 3.15. The summed E-state index contributed by atoms with van der Waals surface area (Å²) in [4.78, 5) is 34.1. The number of carbonyl (C=O) groups is 2. The van der Waals surface area contributed by atoms with E-state index >= 15 is 0 Å². The van der Waals surface area contributed by atoms with Crippen LogP contribution in [0.1, 0.15) is 30.3 Å². The lowest BCUT2D eigenvalue weighted by molar-refractivity contribution is -0.385. The Hall–Kier alpha value is -3.60. The van der Waals surface area contributed by atoms with Crippen LogP contribution in [0.3, 0.4) is 0 Å². The van der Waals surface area contributed by atoms with Crippen LogP contribution in [0.5, 0.6) is 11.5 Å².